The molecule has 0 radical (unpaired) electrons. The van der Waals surface area contributed by atoms with Gasteiger partial charge in [0.05, 0.1) is 24.0 Å². The second-order valence-corrected chi connectivity index (χ2v) is 6.15. The molecule has 4 atom stereocenters. The standard InChI is InChI=1S/C17H16N2O5/c1-9-3-2-4-10(7-9)23-8-13(20)18-19-16(21)14-11-5-6-12(24-11)15(14)17(19)22/h2-7,11-12,14-15H,8H2,1H3,(H,18,20)/t11-,12+,14-,15-/m1/s1. The zero-order chi connectivity index (χ0) is 16.8. The highest BCUT2D eigenvalue weighted by atomic mass is 16.5. The van der Waals surface area contributed by atoms with E-state index in [9.17, 15) is 14.4 Å². The molecule has 2 bridgehead atoms. The third-order valence-electron chi connectivity index (χ3n) is 4.51. The van der Waals surface area contributed by atoms with Crippen molar-refractivity contribution in [1.29, 1.82) is 0 Å². The summed E-state index contributed by atoms with van der Waals surface area (Å²) < 4.78 is 10.9. The lowest BCUT2D eigenvalue weighted by Crippen LogP contribution is -2.49. The van der Waals surface area contributed by atoms with E-state index in [0.29, 0.717) is 5.75 Å². The zero-order valence-electron chi connectivity index (χ0n) is 13.0. The van der Waals surface area contributed by atoms with Gasteiger partial charge in [0, 0.05) is 0 Å². The third kappa shape index (κ3) is 2.28. The molecule has 2 fully saturated rings. The quantitative estimate of drug-likeness (QED) is 0.636. The van der Waals surface area contributed by atoms with Crippen LogP contribution in [0, 0.1) is 18.8 Å². The number of carbonyl (C=O) groups is 3. The Morgan fingerprint density at radius 3 is 2.50 bits per heavy atom. The van der Waals surface area contributed by atoms with Gasteiger partial charge < -0.3 is 9.47 Å². The fourth-order valence-electron chi connectivity index (χ4n) is 3.42. The van der Waals surface area contributed by atoms with Crippen LogP contribution in [0.1, 0.15) is 5.56 Å². The SMILES string of the molecule is Cc1cccc(OCC(=O)NN2C(=O)[C@H]3[C@H](C2=O)[C@H]2C=C[C@@H]3O2)c1. The van der Waals surface area contributed by atoms with E-state index in [0.717, 1.165) is 10.6 Å². The molecule has 0 unspecified atom stereocenters. The van der Waals surface area contributed by atoms with Crippen LogP contribution >= 0.6 is 0 Å². The molecule has 0 aromatic heterocycles. The van der Waals surface area contributed by atoms with E-state index in [2.05, 4.69) is 5.43 Å². The van der Waals surface area contributed by atoms with E-state index in [4.69, 9.17) is 9.47 Å². The number of hydrogen-bond donors (Lipinski definition) is 1. The predicted octanol–water partition coefficient (Wildman–Crippen LogP) is 0.343. The molecule has 3 aliphatic rings. The molecular weight excluding hydrogens is 312 g/mol. The maximum atomic E-state index is 12.4. The Morgan fingerprint density at radius 1 is 1.21 bits per heavy atom. The van der Waals surface area contributed by atoms with Crippen molar-refractivity contribution in [2.75, 3.05) is 6.61 Å². The van der Waals surface area contributed by atoms with Crippen LogP contribution in [0.3, 0.4) is 0 Å². The molecule has 124 valence electrons. The molecule has 4 rings (SSSR count). The number of fused-ring (bicyclic) bond motifs is 5. The molecule has 0 aliphatic carbocycles. The van der Waals surface area contributed by atoms with Crippen molar-refractivity contribution in [1.82, 2.24) is 10.4 Å². The summed E-state index contributed by atoms with van der Waals surface area (Å²) in [5.41, 5.74) is 3.36. The number of hydrazine groups is 1. The molecule has 3 amide bonds. The van der Waals surface area contributed by atoms with E-state index in [1.807, 2.05) is 19.1 Å². The summed E-state index contributed by atoms with van der Waals surface area (Å²) in [5, 5.41) is 0.812. The van der Waals surface area contributed by atoms with Gasteiger partial charge in [-0.1, -0.05) is 24.3 Å². The number of rotatable bonds is 4. The molecule has 7 heteroatoms. The Hall–Kier alpha value is -2.67. The molecule has 7 nitrogen and oxygen atoms in total. The number of aryl methyl sites for hydroxylation is 1. The van der Waals surface area contributed by atoms with Crippen molar-refractivity contribution < 1.29 is 23.9 Å². The number of amides is 3. The van der Waals surface area contributed by atoms with Crippen LogP contribution < -0.4 is 10.2 Å². The maximum Gasteiger partial charge on any atom is 0.276 e. The first-order valence-corrected chi connectivity index (χ1v) is 7.75. The van der Waals surface area contributed by atoms with Crippen LogP contribution in [0.4, 0.5) is 0 Å². The minimum Gasteiger partial charge on any atom is -0.484 e. The van der Waals surface area contributed by atoms with E-state index in [1.165, 1.54) is 0 Å². The largest absolute Gasteiger partial charge is 0.484 e. The Bertz CT molecular complexity index is 729. The van der Waals surface area contributed by atoms with Crippen molar-refractivity contribution >= 4 is 17.7 Å². The molecule has 0 saturated carbocycles. The zero-order valence-corrected chi connectivity index (χ0v) is 13.0. The van der Waals surface area contributed by atoms with Crippen LogP contribution in [0.2, 0.25) is 0 Å². The topological polar surface area (TPSA) is 84.9 Å². The van der Waals surface area contributed by atoms with Gasteiger partial charge in [-0.2, -0.15) is 5.01 Å². The average Bonchev–Trinajstić information content (AvgIpc) is 3.23. The van der Waals surface area contributed by atoms with Crippen LogP contribution in [-0.2, 0) is 19.1 Å². The molecule has 24 heavy (non-hydrogen) atoms. The Morgan fingerprint density at radius 2 is 1.88 bits per heavy atom. The first-order chi connectivity index (χ1) is 11.5. The van der Waals surface area contributed by atoms with Gasteiger partial charge in [-0.05, 0) is 24.6 Å². The van der Waals surface area contributed by atoms with Crippen LogP contribution in [0.25, 0.3) is 0 Å². The van der Waals surface area contributed by atoms with E-state index < -0.39 is 29.6 Å². The normalized spacial score (nSPS) is 30.0. The number of imide groups is 1. The summed E-state index contributed by atoms with van der Waals surface area (Å²) in [7, 11) is 0. The lowest BCUT2D eigenvalue weighted by Gasteiger charge is -2.18. The van der Waals surface area contributed by atoms with Crippen molar-refractivity contribution in [3.8, 4) is 5.75 Å². The number of carbonyl (C=O) groups excluding carboxylic acids is 3. The molecular formula is C17H16N2O5. The van der Waals surface area contributed by atoms with Crippen molar-refractivity contribution in [3.05, 3.63) is 42.0 Å². The molecule has 1 aromatic rings. The molecule has 3 aliphatic heterocycles. The van der Waals surface area contributed by atoms with Gasteiger partial charge in [0.15, 0.2) is 6.61 Å². The van der Waals surface area contributed by atoms with Crippen LogP contribution in [0.5, 0.6) is 5.75 Å². The minimum atomic E-state index is -0.556. The van der Waals surface area contributed by atoms with Gasteiger partial charge in [-0.3, -0.25) is 19.8 Å². The second kappa shape index (κ2) is 5.45. The first-order valence-electron chi connectivity index (χ1n) is 7.75. The highest BCUT2D eigenvalue weighted by Crippen LogP contribution is 2.44. The van der Waals surface area contributed by atoms with Gasteiger partial charge in [0.25, 0.3) is 17.7 Å². The van der Waals surface area contributed by atoms with Gasteiger partial charge in [0.2, 0.25) is 0 Å². The number of nitrogens with zero attached hydrogens (tertiary/aromatic N) is 1. The first kappa shape index (κ1) is 14.9. The molecule has 1 aromatic carbocycles. The fourth-order valence-corrected chi connectivity index (χ4v) is 3.42. The summed E-state index contributed by atoms with van der Waals surface area (Å²) in [4.78, 5) is 36.8. The van der Waals surface area contributed by atoms with Crippen LogP contribution in [-0.4, -0.2) is 41.5 Å². The van der Waals surface area contributed by atoms with E-state index in [-0.39, 0.29) is 18.8 Å². The summed E-state index contributed by atoms with van der Waals surface area (Å²) in [6, 6.07) is 7.26. The van der Waals surface area contributed by atoms with Gasteiger partial charge in [-0.25, -0.2) is 0 Å². The van der Waals surface area contributed by atoms with Crippen molar-refractivity contribution in [3.63, 3.8) is 0 Å². The molecule has 0 spiro atoms. The second-order valence-electron chi connectivity index (χ2n) is 6.15. The number of benzene rings is 1. The predicted molar refractivity (Wildman–Crippen MR) is 81.5 cm³/mol. The highest BCUT2D eigenvalue weighted by molar-refractivity contribution is 6.07. The smallest absolute Gasteiger partial charge is 0.276 e. The number of nitrogens with one attached hydrogen (secondary N) is 1. The summed E-state index contributed by atoms with van der Waals surface area (Å²) in [6.07, 6.45) is 2.84. The summed E-state index contributed by atoms with van der Waals surface area (Å²) >= 11 is 0. The lowest BCUT2D eigenvalue weighted by molar-refractivity contribution is -0.151. The Labute approximate surface area is 138 Å². The molecule has 1 N–H and O–H groups in total. The monoisotopic (exact) mass is 328 g/mol. The summed E-state index contributed by atoms with van der Waals surface area (Å²) in [5.74, 6) is -1.93. The van der Waals surface area contributed by atoms with Crippen molar-refractivity contribution in [2.45, 2.75) is 19.1 Å². The fraction of sp³-hybridized carbons (Fsp3) is 0.353. The van der Waals surface area contributed by atoms with E-state index in [1.54, 1.807) is 24.3 Å². The minimum absolute atomic E-state index is 0.280. The van der Waals surface area contributed by atoms with E-state index >= 15 is 0 Å². The lowest BCUT2D eigenvalue weighted by atomic mass is 9.85. The van der Waals surface area contributed by atoms with Crippen molar-refractivity contribution in [2.24, 2.45) is 11.8 Å². The molecule has 3 heterocycles. The number of hydrogen-bond acceptors (Lipinski definition) is 5. The maximum absolute atomic E-state index is 12.4. The average molecular weight is 328 g/mol. The van der Waals surface area contributed by atoms with Crippen LogP contribution in [0.15, 0.2) is 36.4 Å². The number of ether oxygens (including phenoxy) is 2. The highest BCUT2D eigenvalue weighted by Gasteiger charge is 2.61. The van der Waals surface area contributed by atoms with Gasteiger partial charge in [0.1, 0.15) is 5.75 Å². The van der Waals surface area contributed by atoms with Gasteiger partial charge >= 0.3 is 0 Å². The van der Waals surface area contributed by atoms with Gasteiger partial charge in [-0.15, -0.1) is 0 Å². The third-order valence-corrected chi connectivity index (χ3v) is 4.51. The Kier molecular flexibility index (Phi) is 3.38. The Balaban J connectivity index is 1.38. The molecule has 2 saturated heterocycles. The summed E-state index contributed by atoms with van der Waals surface area (Å²) in [6.45, 7) is 1.63.